The van der Waals surface area contributed by atoms with Gasteiger partial charge in [0.2, 0.25) is 0 Å². The number of para-hydroxylation sites is 1. The lowest BCUT2D eigenvalue weighted by Gasteiger charge is -2.23. The third-order valence-corrected chi connectivity index (χ3v) is 3.88. The van der Waals surface area contributed by atoms with Crippen molar-refractivity contribution in [3.63, 3.8) is 0 Å². The number of aromatic nitrogens is 2. The Morgan fingerprint density at radius 1 is 1.41 bits per heavy atom. The number of aryl methyl sites for hydroxylation is 1. The van der Waals surface area contributed by atoms with Crippen LogP contribution in [0, 0.1) is 0 Å². The van der Waals surface area contributed by atoms with Crippen LogP contribution >= 0.6 is 0 Å². The first kappa shape index (κ1) is 10.8. The molecule has 1 aromatic carbocycles. The normalized spacial score (nSPS) is 16.4. The molecule has 0 atom stereocenters. The van der Waals surface area contributed by atoms with Crippen LogP contribution in [-0.4, -0.2) is 16.3 Å². The Hall–Kier alpha value is -1.35. The maximum absolute atomic E-state index is 5.68. The van der Waals surface area contributed by atoms with Gasteiger partial charge in [-0.25, -0.2) is 0 Å². The second kappa shape index (κ2) is 4.15. The van der Waals surface area contributed by atoms with Crippen molar-refractivity contribution in [3.8, 4) is 0 Å². The summed E-state index contributed by atoms with van der Waals surface area (Å²) in [4.78, 5) is 0. The molecule has 0 spiro atoms. The van der Waals surface area contributed by atoms with Crippen molar-refractivity contribution in [1.29, 1.82) is 0 Å². The Morgan fingerprint density at radius 3 is 2.88 bits per heavy atom. The average molecular weight is 229 g/mol. The van der Waals surface area contributed by atoms with E-state index in [1.54, 1.807) is 0 Å². The van der Waals surface area contributed by atoms with Crippen LogP contribution in [0.15, 0.2) is 18.2 Å². The minimum Gasteiger partial charge on any atom is -0.330 e. The summed E-state index contributed by atoms with van der Waals surface area (Å²) in [7, 11) is 2.05. The third kappa shape index (κ3) is 1.65. The number of hydrogen-bond acceptors (Lipinski definition) is 2. The zero-order valence-corrected chi connectivity index (χ0v) is 10.3. The van der Waals surface area contributed by atoms with Crippen LogP contribution in [0.3, 0.4) is 0 Å². The highest BCUT2D eigenvalue weighted by molar-refractivity contribution is 5.85. The van der Waals surface area contributed by atoms with Gasteiger partial charge in [-0.3, -0.25) is 4.68 Å². The monoisotopic (exact) mass is 229 g/mol. The molecule has 1 heterocycles. The van der Waals surface area contributed by atoms with Crippen molar-refractivity contribution in [3.05, 3.63) is 29.5 Å². The van der Waals surface area contributed by atoms with E-state index in [1.807, 2.05) is 11.7 Å². The Labute approximate surface area is 102 Å². The summed E-state index contributed by atoms with van der Waals surface area (Å²) in [6.45, 7) is 0.697. The summed E-state index contributed by atoms with van der Waals surface area (Å²) >= 11 is 0. The molecule has 0 radical (unpaired) electrons. The predicted octanol–water partition coefficient (Wildman–Crippen LogP) is 2.34. The Kier molecular flexibility index (Phi) is 2.63. The van der Waals surface area contributed by atoms with Crippen LogP contribution in [0.2, 0.25) is 0 Å². The fourth-order valence-electron chi connectivity index (χ4n) is 2.79. The van der Waals surface area contributed by atoms with E-state index in [-0.39, 0.29) is 0 Å². The molecule has 0 unspecified atom stereocenters. The number of fused-ring (bicyclic) bond motifs is 1. The van der Waals surface area contributed by atoms with Crippen molar-refractivity contribution in [2.45, 2.75) is 31.6 Å². The standard InChI is InChI=1S/C14H19N3/c1-17-14-11(8-9-15)6-3-7-12(14)13(16-17)10-4-2-5-10/h3,6-7,10H,2,4-5,8-9,15H2,1H3. The smallest absolute Gasteiger partial charge is 0.0734 e. The second-order valence-electron chi connectivity index (χ2n) is 4.99. The van der Waals surface area contributed by atoms with Gasteiger partial charge < -0.3 is 5.73 Å². The SMILES string of the molecule is Cn1nc(C2CCC2)c2cccc(CCN)c21. The fraction of sp³-hybridized carbons (Fsp3) is 0.500. The predicted molar refractivity (Wildman–Crippen MR) is 70.1 cm³/mol. The number of rotatable bonds is 3. The van der Waals surface area contributed by atoms with E-state index < -0.39 is 0 Å². The van der Waals surface area contributed by atoms with E-state index >= 15 is 0 Å². The molecule has 1 aliphatic rings. The highest BCUT2D eigenvalue weighted by atomic mass is 15.3. The van der Waals surface area contributed by atoms with Crippen molar-refractivity contribution in [1.82, 2.24) is 9.78 Å². The molecule has 2 N–H and O–H groups in total. The van der Waals surface area contributed by atoms with Gasteiger partial charge in [-0.05, 0) is 31.4 Å². The molecule has 1 aliphatic carbocycles. The van der Waals surface area contributed by atoms with Crippen molar-refractivity contribution < 1.29 is 0 Å². The average Bonchev–Trinajstić information content (AvgIpc) is 2.56. The van der Waals surface area contributed by atoms with Gasteiger partial charge in [0.1, 0.15) is 0 Å². The molecule has 0 aliphatic heterocycles. The molecule has 17 heavy (non-hydrogen) atoms. The van der Waals surface area contributed by atoms with Crippen LogP contribution in [-0.2, 0) is 13.5 Å². The molecule has 1 fully saturated rings. The number of nitrogens with zero attached hydrogens (tertiary/aromatic N) is 2. The molecule has 2 aromatic rings. The molecule has 0 saturated heterocycles. The lowest BCUT2D eigenvalue weighted by Crippen LogP contribution is -2.09. The van der Waals surface area contributed by atoms with E-state index in [0.29, 0.717) is 12.5 Å². The molecular weight excluding hydrogens is 210 g/mol. The number of hydrogen-bond donors (Lipinski definition) is 1. The highest BCUT2D eigenvalue weighted by Crippen LogP contribution is 2.39. The lowest BCUT2D eigenvalue weighted by atomic mass is 9.82. The largest absolute Gasteiger partial charge is 0.330 e. The minimum atomic E-state index is 0.687. The Balaban J connectivity index is 2.16. The molecule has 3 rings (SSSR count). The van der Waals surface area contributed by atoms with Gasteiger partial charge in [0.25, 0.3) is 0 Å². The summed E-state index contributed by atoms with van der Waals surface area (Å²) in [5, 5.41) is 6.07. The summed E-state index contributed by atoms with van der Waals surface area (Å²) in [6, 6.07) is 6.51. The van der Waals surface area contributed by atoms with Gasteiger partial charge in [-0.15, -0.1) is 0 Å². The van der Waals surface area contributed by atoms with Crippen LogP contribution in [0.25, 0.3) is 10.9 Å². The maximum Gasteiger partial charge on any atom is 0.0734 e. The van der Waals surface area contributed by atoms with Gasteiger partial charge in [0, 0.05) is 18.4 Å². The summed E-state index contributed by atoms with van der Waals surface area (Å²) in [6.07, 6.45) is 4.88. The van der Waals surface area contributed by atoms with Crippen molar-refractivity contribution in [2.75, 3.05) is 6.54 Å². The first-order valence-electron chi connectivity index (χ1n) is 6.46. The lowest BCUT2D eigenvalue weighted by molar-refractivity contribution is 0.410. The molecule has 0 amide bonds. The van der Waals surface area contributed by atoms with Crippen LogP contribution in [0.5, 0.6) is 0 Å². The third-order valence-electron chi connectivity index (χ3n) is 3.88. The van der Waals surface area contributed by atoms with E-state index in [4.69, 9.17) is 10.8 Å². The van der Waals surface area contributed by atoms with E-state index in [9.17, 15) is 0 Å². The van der Waals surface area contributed by atoms with Gasteiger partial charge in [0.15, 0.2) is 0 Å². The van der Waals surface area contributed by atoms with Gasteiger partial charge >= 0.3 is 0 Å². The number of nitrogens with two attached hydrogens (primary N) is 1. The Bertz CT molecular complexity index is 538. The zero-order chi connectivity index (χ0) is 11.8. The minimum absolute atomic E-state index is 0.687. The summed E-state index contributed by atoms with van der Waals surface area (Å²) < 4.78 is 2.04. The summed E-state index contributed by atoms with van der Waals surface area (Å²) in [5.41, 5.74) is 9.58. The Morgan fingerprint density at radius 2 is 2.24 bits per heavy atom. The van der Waals surface area contributed by atoms with Crippen LogP contribution in [0.4, 0.5) is 0 Å². The summed E-state index contributed by atoms with van der Waals surface area (Å²) in [5.74, 6) is 0.687. The number of benzene rings is 1. The topological polar surface area (TPSA) is 43.8 Å². The highest BCUT2D eigenvalue weighted by Gasteiger charge is 2.25. The van der Waals surface area contributed by atoms with E-state index in [2.05, 4.69) is 18.2 Å². The first-order chi connectivity index (χ1) is 8.31. The van der Waals surface area contributed by atoms with Crippen molar-refractivity contribution >= 4 is 10.9 Å². The van der Waals surface area contributed by atoms with Gasteiger partial charge in [0.05, 0.1) is 11.2 Å². The maximum atomic E-state index is 5.68. The quantitative estimate of drug-likeness (QED) is 0.878. The molecule has 1 aromatic heterocycles. The van der Waals surface area contributed by atoms with Crippen LogP contribution < -0.4 is 5.73 Å². The fourth-order valence-corrected chi connectivity index (χ4v) is 2.79. The van der Waals surface area contributed by atoms with Gasteiger partial charge in [-0.2, -0.15) is 5.10 Å². The molecule has 1 saturated carbocycles. The van der Waals surface area contributed by atoms with Gasteiger partial charge in [-0.1, -0.05) is 24.6 Å². The zero-order valence-electron chi connectivity index (χ0n) is 10.3. The van der Waals surface area contributed by atoms with E-state index in [0.717, 1.165) is 6.42 Å². The molecule has 3 nitrogen and oxygen atoms in total. The first-order valence-corrected chi connectivity index (χ1v) is 6.46. The van der Waals surface area contributed by atoms with E-state index in [1.165, 1.54) is 41.4 Å². The van der Waals surface area contributed by atoms with Crippen molar-refractivity contribution in [2.24, 2.45) is 12.8 Å². The molecule has 0 bridgehead atoms. The van der Waals surface area contributed by atoms with Crippen LogP contribution in [0.1, 0.15) is 36.4 Å². The second-order valence-corrected chi connectivity index (χ2v) is 4.99. The molecule has 90 valence electrons. The molecular formula is C14H19N3. The molecule has 3 heteroatoms.